The number of carbonyl (C=O) groups is 2. The van der Waals surface area contributed by atoms with Crippen LogP contribution in [0.2, 0.25) is 5.02 Å². The molecule has 0 aromatic heterocycles. The third-order valence-electron chi connectivity index (χ3n) is 7.08. The number of ether oxygens (including phenoxy) is 1. The van der Waals surface area contributed by atoms with Gasteiger partial charge in [0.2, 0.25) is 11.8 Å². The topological polar surface area (TPSA) is 176 Å². The number of halogens is 1. The molecule has 0 saturated heterocycles. The van der Waals surface area contributed by atoms with E-state index in [1.54, 1.807) is 49.6 Å². The van der Waals surface area contributed by atoms with Crippen LogP contribution >= 0.6 is 11.6 Å². The Labute approximate surface area is 261 Å². The average Bonchev–Trinajstić information content (AvgIpc) is 3.12. The normalized spacial score (nSPS) is 16.9. The number of nitrogens with two attached hydrogens (primary N) is 2. The van der Waals surface area contributed by atoms with Gasteiger partial charge in [-0.25, -0.2) is 0 Å². The van der Waals surface area contributed by atoms with E-state index in [-0.39, 0.29) is 31.3 Å². The fourth-order valence-corrected chi connectivity index (χ4v) is 5.04. The molecule has 230 valence electrons. The van der Waals surface area contributed by atoms with Gasteiger partial charge in [-0.3, -0.25) is 14.6 Å². The van der Waals surface area contributed by atoms with Crippen LogP contribution in [0.1, 0.15) is 30.0 Å². The number of carbonyl (C=O) groups excluding carboxylic acids is 2. The Morgan fingerprint density at radius 2 is 1.84 bits per heavy atom. The third kappa shape index (κ3) is 8.25. The van der Waals surface area contributed by atoms with Gasteiger partial charge < -0.3 is 41.8 Å². The Morgan fingerprint density at radius 3 is 2.52 bits per heavy atom. The maximum Gasteiger partial charge on any atom is 0.488 e. The summed E-state index contributed by atoms with van der Waals surface area (Å²) in [5.74, 6) is -0.0193. The van der Waals surface area contributed by atoms with Gasteiger partial charge in [0.25, 0.3) is 0 Å². The second-order valence-electron chi connectivity index (χ2n) is 10.3. The van der Waals surface area contributed by atoms with Gasteiger partial charge in [0.15, 0.2) is 0 Å². The third-order valence-corrected chi connectivity index (χ3v) is 7.33. The number of nitrogens with one attached hydrogen (secondary N) is 2. The number of benzodiazepines with no additional fused rings is 1. The minimum Gasteiger partial charge on any atom is -0.497 e. The van der Waals surface area contributed by atoms with Crippen LogP contribution in [0.25, 0.3) is 6.08 Å². The predicted octanol–water partition coefficient (Wildman–Crippen LogP) is 0.980. The van der Waals surface area contributed by atoms with E-state index in [1.807, 2.05) is 42.2 Å². The Bertz CT molecular complexity index is 1530. The number of nitrogens with zero attached hydrogens (tertiary/aromatic N) is 2. The van der Waals surface area contributed by atoms with Crippen molar-refractivity contribution in [2.45, 2.75) is 31.7 Å². The summed E-state index contributed by atoms with van der Waals surface area (Å²) < 4.78 is 5.49. The van der Waals surface area contributed by atoms with Crippen molar-refractivity contribution in [1.82, 2.24) is 10.6 Å². The number of hydrogen-bond acceptors (Lipinski definition) is 9. The van der Waals surface area contributed by atoms with Crippen molar-refractivity contribution >= 4 is 53.5 Å². The van der Waals surface area contributed by atoms with E-state index >= 15 is 0 Å². The molecule has 0 aliphatic carbocycles. The van der Waals surface area contributed by atoms with Gasteiger partial charge in [0.1, 0.15) is 11.9 Å². The summed E-state index contributed by atoms with van der Waals surface area (Å²) in [5, 5.41) is 24.7. The fourth-order valence-electron chi connectivity index (χ4n) is 4.91. The summed E-state index contributed by atoms with van der Waals surface area (Å²) >= 11 is 6.15. The van der Waals surface area contributed by atoms with Crippen LogP contribution in [0.3, 0.4) is 0 Å². The standard InChI is InChI=1S/C31H36BClN6O5/c1-19(34)39-27-12-11-24(44-2)17-25(27)30(21-7-9-23(33)10-8-21)38-26(31(39)35)18-29(41)37-15-14-36-28(40)13-6-20-4-3-5-22(16-20)32(42)43/h3-13,16-17,19,26,31,42-43H,14-15,18,34-35H2,1-2H3,(H,36,40)(H,37,41)/b13-6+/t19?,26-,31?/m0/s1. The van der Waals surface area contributed by atoms with E-state index in [0.717, 1.165) is 16.8 Å². The number of rotatable bonds is 11. The van der Waals surface area contributed by atoms with Gasteiger partial charge in [-0.1, -0.05) is 48.0 Å². The zero-order chi connectivity index (χ0) is 31.8. The van der Waals surface area contributed by atoms with Gasteiger partial charge in [0.05, 0.1) is 31.4 Å². The number of hydrogen-bond donors (Lipinski definition) is 6. The highest BCUT2D eigenvalue weighted by molar-refractivity contribution is 6.58. The summed E-state index contributed by atoms with van der Waals surface area (Å²) in [4.78, 5) is 32.2. The highest BCUT2D eigenvalue weighted by Gasteiger charge is 2.34. The number of amides is 2. The predicted molar refractivity (Wildman–Crippen MR) is 174 cm³/mol. The summed E-state index contributed by atoms with van der Waals surface area (Å²) in [6.07, 6.45) is 1.67. The molecule has 1 heterocycles. The van der Waals surface area contributed by atoms with Crippen LogP contribution in [-0.2, 0) is 9.59 Å². The molecule has 11 nitrogen and oxygen atoms in total. The zero-order valence-electron chi connectivity index (χ0n) is 24.5. The molecule has 1 aliphatic rings. The quantitative estimate of drug-likeness (QED) is 0.105. The summed E-state index contributed by atoms with van der Waals surface area (Å²) in [7, 11) is -0.00907. The van der Waals surface area contributed by atoms with E-state index in [2.05, 4.69) is 10.6 Å². The molecule has 0 bridgehead atoms. The van der Waals surface area contributed by atoms with Crippen molar-refractivity contribution in [3.05, 3.63) is 94.5 Å². The average molecular weight is 619 g/mol. The molecular formula is C31H36BClN6O5. The van der Waals surface area contributed by atoms with Gasteiger partial charge in [-0.2, -0.15) is 0 Å². The van der Waals surface area contributed by atoms with Crippen molar-refractivity contribution in [2.24, 2.45) is 16.5 Å². The van der Waals surface area contributed by atoms with Crippen LogP contribution < -0.4 is 37.2 Å². The molecule has 8 N–H and O–H groups in total. The molecule has 0 saturated carbocycles. The van der Waals surface area contributed by atoms with Crippen molar-refractivity contribution in [2.75, 3.05) is 25.1 Å². The summed E-state index contributed by atoms with van der Waals surface area (Å²) in [6, 6.07) is 18.7. The molecule has 2 unspecified atom stereocenters. The van der Waals surface area contributed by atoms with Crippen LogP contribution in [0.15, 0.2) is 77.8 Å². The van der Waals surface area contributed by atoms with E-state index < -0.39 is 25.5 Å². The highest BCUT2D eigenvalue weighted by Crippen LogP contribution is 2.34. The first-order valence-corrected chi connectivity index (χ1v) is 14.5. The molecule has 13 heteroatoms. The van der Waals surface area contributed by atoms with E-state index in [4.69, 9.17) is 32.8 Å². The molecular weight excluding hydrogens is 583 g/mol. The van der Waals surface area contributed by atoms with E-state index in [9.17, 15) is 19.6 Å². The monoisotopic (exact) mass is 618 g/mol. The molecule has 3 atom stereocenters. The molecule has 2 amide bonds. The lowest BCUT2D eigenvalue weighted by Gasteiger charge is -2.36. The van der Waals surface area contributed by atoms with Crippen LogP contribution in [0, 0.1) is 0 Å². The summed E-state index contributed by atoms with van der Waals surface area (Å²) in [5.41, 5.74) is 17.0. The molecule has 1 aliphatic heterocycles. The first-order valence-electron chi connectivity index (χ1n) is 14.1. The maximum absolute atomic E-state index is 13.1. The molecule has 0 spiro atoms. The largest absolute Gasteiger partial charge is 0.497 e. The molecule has 4 rings (SSSR count). The Balaban J connectivity index is 1.45. The smallest absolute Gasteiger partial charge is 0.488 e. The number of benzene rings is 3. The van der Waals surface area contributed by atoms with Crippen LogP contribution in [-0.4, -0.2) is 73.3 Å². The lowest BCUT2D eigenvalue weighted by molar-refractivity contribution is -0.122. The molecule has 0 radical (unpaired) electrons. The van der Waals surface area contributed by atoms with Crippen molar-refractivity contribution in [1.29, 1.82) is 0 Å². The molecule has 0 fully saturated rings. The number of fused-ring (bicyclic) bond motifs is 1. The van der Waals surface area contributed by atoms with Gasteiger partial charge in [-0.05, 0) is 54.4 Å². The lowest BCUT2D eigenvalue weighted by atomic mass is 9.79. The van der Waals surface area contributed by atoms with E-state index in [1.165, 1.54) is 6.08 Å². The van der Waals surface area contributed by atoms with Crippen molar-refractivity contribution in [3.63, 3.8) is 0 Å². The molecule has 3 aromatic rings. The maximum atomic E-state index is 13.1. The minimum atomic E-state index is -1.59. The van der Waals surface area contributed by atoms with Gasteiger partial charge >= 0.3 is 7.12 Å². The van der Waals surface area contributed by atoms with Crippen molar-refractivity contribution in [3.8, 4) is 5.75 Å². The van der Waals surface area contributed by atoms with Crippen molar-refractivity contribution < 1.29 is 24.4 Å². The Kier molecular flexibility index (Phi) is 11.2. The lowest BCUT2D eigenvalue weighted by Crippen LogP contribution is -2.56. The zero-order valence-corrected chi connectivity index (χ0v) is 25.2. The molecule has 3 aromatic carbocycles. The first-order chi connectivity index (χ1) is 21.1. The SMILES string of the molecule is COc1ccc2c(c1)C(c1ccc(Cl)cc1)=N[C@@H](CC(=O)NCCNC(=O)/C=C/c1cccc(B(O)O)c1)C(N)N2C(C)N. The van der Waals surface area contributed by atoms with Gasteiger partial charge in [-0.15, -0.1) is 0 Å². The molecule has 44 heavy (non-hydrogen) atoms. The number of aliphatic imine (C=N–C) groups is 1. The second kappa shape index (κ2) is 15.0. The number of anilines is 1. The Hall–Kier alpha value is -4.20. The van der Waals surface area contributed by atoms with Crippen LogP contribution in [0.4, 0.5) is 5.69 Å². The van der Waals surface area contributed by atoms with E-state index in [0.29, 0.717) is 27.5 Å². The fraction of sp³-hybridized carbons (Fsp3) is 0.258. The first kappa shape index (κ1) is 32.7. The Morgan fingerprint density at radius 1 is 1.11 bits per heavy atom. The number of methoxy groups -OCH3 is 1. The second-order valence-corrected chi connectivity index (χ2v) is 10.7. The summed E-state index contributed by atoms with van der Waals surface area (Å²) in [6.45, 7) is 2.20. The highest BCUT2D eigenvalue weighted by atomic mass is 35.5. The van der Waals surface area contributed by atoms with Crippen LogP contribution in [0.5, 0.6) is 5.75 Å². The minimum absolute atomic E-state index is 0.0203. The van der Waals surface area contributed by atoms with Gasteiger partial charge in [0, 0.05) is 41.0 Å².